The van der Waals surface area contributed by atoms with Crippen molar-refractivity contribution in [3.05, 3.63) is 68.5 Å². The first-order valence-corrected chi connectivity index (χ1v) is 10.3. The molecule has 0 radical (unpaired) electrons. The predicted molar refractivity (Wildman–Crippen MR) is 119 cm³/mol. The van der Waals surface area contributed by atoms with E-state index < -0.39 is 22.8 Å². The van der Waals surface area contributed by atoms with Crippen LogP contribution in [0.5, 0.6) is 0 Å². The van der Waals surface area contributed by atoms with Crippen LogP contribution >= 0.6 is 0 Å². The summed E-state index contributed by atoms with van der Waals surface area (Å²) in [5, 5.41) is 2.89. The molecule has 1 saturated heterocycles. The summed E-state index contributed by atoms with van der Waals surface area (Å²) < 4.78 is 16.2. The van der Waals surface area contributed by atoms with Gasteiger partial charge in [0, 0.05) is 32.7 Å². The van der Waals surface area contributed by atoms with Gasteiger partial charge in [0.05, 0.1) is 22.4 Å². The number of piperidine rings is 1. The summed E-state index contributed by atoms with van der Waals surface area (Å²) in [6.45, 7) is 3.84. The van der Waals surface area contributed by atoms with Crippen molar-refractivity contribution in [3.63, 3.8) is 0 Å². The standard InChI is InChI=1S/C23H25FN4O3/c1-14-7-9-28(10-8-14)18-13-20-19(26(2)22(30)23(31)27(20)3)12-17(18)25-21(29)15-5-4-6-16(24)11-15/h4-6,11-14H,7-10H2,1-3H3,(H,25,29). The number of hydrogen-bond donors (Lipinski definition) is 1. The van der Waals surface area contributed by atoms with Gasteiger partial charge >= 0.3 is 11.1 Å². The van der Waals surface area contributed by atoms with Crippen LogP contribution in [0.2, 0.25) is 0 Å². The molecule has 0 bridgehead atoms. The molecule has 2 aromatic carbocycles. The number of nitrogens with zero attached hydrogens (tertiary/aromatic N) is 3. The van der Waals surface area contributed by atoms with Crippen LogP contribution in [0.3, 0.4) is 0 Å². The summed E-state index contributed by atoms with van der Waals surface area (Å²) in [7, 11) is 3.10. The van der Waals surface area contributed by atoms with Crippen LogP contribution in [0.15, 0.2) is 46.0 Å². The van der Waals surface area contributed by atoms with Crippen molar-refractivity contribution in [3.8, 4) is 0 Å². The second-order valence-electron chi connectivity index (χ2n) is 8.22. The van der Waals surface area contributed by atoms with Gasteiger partial charge in [-0.15, -0.1) is 0 Å². The van der Waals surface area contributed by atoms with Crippen molar-refractivity contribution in [1.29, 1.82) is 0 Å². The summed E-state index contributed by atoms with van der Waals surface area (Å²) >= 11 is 0. The van der Waals surface area contributed by atoms with E-state index in [1.54, 1.807) is 19.2 Å². The molecule has 162 valence electrons. The van der Waals surface area contributed by atoms with Crippen molar-refractivity contribution >= 4 is 28.3 Å². The lowest BCUT2D eigenvalue weighted by atomic mass is 9.98. The average molecular weight is 424 g/mol. The number of rotatable bonds is 3. The summed E-state index contributed by atoms with van der Waals surface area (Å²) in [6.07, 6.45) is 2.03. The molecule has 1 fully saturated rings. The van der Waals surface area contributed by atoms with E-state index in [-0.39, 0.29) is 5.56 Å². The van der Waals surface area contributed by atoms with E-state index in [4.69, 9.17) is 0 Å². The van der Waals surface area contributed by atoms with Crippen molar-refractivity contribution in [1.82, 2.24) is 9.13 Å². The first kappa shape index (κ1) is 20.8. The zero-order valence-electron chi connectivity index (χ0n) is 17.8. The van der Waals surface area contributed by atoms with Gasteiger partial charge in [-0.05, 0) is 49.1 Å². The third kappa shape index (κ3) is 3.85. The molecule has 0 aliphatic carbocycles. The zero-order valence-corrected chi connectivity index (χ0v) is 17.8. The SMILES string of the molecule is CC1CCN(c2cc3c(cc2NC(=O)c2cccc(F)c2)n(C)c(=O)c(=O)n3C)CC1. The fourth-order valence-corrected chi connectivity index (χ4v) is 4.04. The van der Waals surface area contributed by atoms with E-state index in [0.29, 0.717) is 22.6 Å². The fraction of sp³-hybridized carbons (Fsp3) is 0.348. The van der Waals surface area contributed by atoms with Crippen molar-refractivity contribution in [2.24, 2.45) is 20.0 Å². The van der Waals surface area contributed by atoms with Gasteiger partial charge in [0.25, 0.3) is 5.91 Å². The van der Waals surface area contributed by atoms with Crippen molar-refractivity contribution < 1.29 is 9.18 Å². The zero-order chi connectivity index (χ0) is 22.3. The first-order valence-electron chi connectivity index (χ1n) is 10.3. The maximum Gasteiger partial charge on any atom is 0.316 e. The highest BCUT2D eigenvalue weighted by atomic mass is 19.1. The number of fused-ring (bicyclic) bond motifs is 1. The van der Waals surface area contributed by atoms with Gasteiger partial charge in [0.1, 0.15) is 5.82 Å². The lowest BCUT2D eigenvalue weighted by Crippen LogP contribution is -2.39. The Bertz CT molecular complexity index is 1290. The number of amides is 1. The van der Waals surface area contributed by atoms with Crippen LogP contribution in [-0.2, 0) is 14.1 Å². The van der Waals surface area contributed by atoms with Gasteiger partial charge in [-0.3, -0.25) is 14.4 Å². The monoisotopic (exact) mass is 424 g/mol. The molecule has 8 heteroatoms. The number of benzene rings is 2. The van der Waals surface area contributed by atoms with Gasteiger partial charge in [-0.1, -0.05) is 13.0 Å². The van der Waals surface area contributed by atoms with Crippen LogP contribution in [-0.4, -0.2) is 28.1 Å². The molecule has 31 heavy (non-hydrogen) atoms. The highest BCUT2D eigenvalue weighted by Crippen LogP contribution is 2.33. The largest absolute Gasteiger partial charge is 0.370 e. The number of nitrogens with one attached hydrogen (secondary N) is 1. The quantitative estimate of drug-likeness (QED) is 0.656. The van der Waals surface area contributed by atoms with Crippen LogP contribution in [0.25, 0.3) is 11.0 Å². The second-order valence-corrected chi connectivity index (χ2v) is 8.22. The molecule has 7 nitrogen and oxygen atoms in total. The number of aryl methyl sites for hydroxylation is 2. The third-order valence-electron chi connectivity index (χ3n) is 6.07. The van der Waals surface area contributed by atoms with Crippen molar-refractivity contribution in [2.75, 3.05) is 23.3 Å². The van der Waals surface area contributed by atoms with Gasteiger partial charge in [-0.25, -0.2) is 4.39 Å². The minimum absolute atomic E-state index is 0.202. The lowest BCUT2D eigenvalue weighted by molar-refractivity contribution is 0.102. The van der Waals surface area contributed by atoms with Crippen LogP contribution < -0.4 is 21.3 Å². The molecular formula is C23H25FN4O3. The van der Waals surface area contributed by atoms with Crippen molar-refractivity contribution in [2.45, 2.75) is 19.8 Å². The molecule has 0 atom stereocenters. The topological polar surface area (TPSA) is 76.3 Å². The van der Waals surface area contributed by atoms with E-state index >= 15 is 0 Å². The Morgan fingerprint density at radius 1 is 1.00 bits per heavy atom. The Morgan fingerprint density at radius 2 is 1.61 bits per heavy atom. The highest BCUT2D eigenvalue weighted by molar-refractivity contribution is 6.07. The maximum atomic E-state index is 13.6. The number of carbonyl (C=O) groups excluding carboxylic acids is 1. The van der Waals surface area contributed by atoms with E-state index in [2.05, 4.69) is 17.1 Å². The van der Waals surface area contributed by atoms with Crippen LogP contribution in [0, 0.1) is 11.7 Å². The highest BCUT2D eigenvalue weighted by Gasteiger charge is 2.22. The third-order valence-corrected chi connectivity index (χ3v) is 6.07. The molecule has 1 aliphatic heterocycles. The molecular weight excluding hydrogens is 399 g/mol. The summed E-state index contributed by atoms with van der Waals surface area (Å²) in [5.74, 6) is -0.318. The Kier molecular flexibility index (Phi) is 5.39. The molecule has 0 unspecified atom stereocenters. The smallest absolute Gasteiger partial charge is 0.316 e. The van der Waals surface area contributed by atoms with Crippen LogP contribution in [0.4, 0.5) is 15.8 Å². The summed E-state index contributed by atoms with van der Waals surface area (Å²) in [5.41, 5.74) is 1.37. The number of anilines is 2. The Balaban J connectivity index is 1.86. The normalized spacial score (nSPS) is 14.8. The molecule has 0 spiro atoms. The second kappa shape index (κ2) is 8.02. The predicted octanol–water partition coefficient (Wildman–Crippen LogP) is 2.86. The van der Waals surface area contributed by atoms with Crippen LogP contribution in [0.1, 0.15) is 30.1 Å². The molecule has 1 amide bonds. The van der Waals surface area contributed by atoms with E-state index in [0.717, 1.165) is 31.6 Å². The molecule has 1 N–H and O–H groups in total. The number of hydrogen-bond acceptors (Lipinski definition) is 4. The molecule has 4 rings (SSSR count). The Labute approximate surface area is 178 Å². The molecule has 1 aromatic heterocycles. The van der Waals surface area contributed by atoms with E-state index in [9.17, 15) is 18.8 Å². The average Bonchev–Trinajstić information content (AvgIpc) is 2.76. The minimum Gasteiger partial charge on any atom is -0.370 e. The van der Waals surface area contributed by atoms with Gasteiger partial charge in [0.15, 0.2) is 0 Å². The van der Waals surface area contributed by atoms with Gasteiger partial charge in [0.2, 0.25) is 0 Å². The minimum atomic E-state index is -0.642. The van der Waals surface area contributed by atoms with Gasteiger partial charge in [-0.2, -0.15) is 0 Å². The molecule has 1 aliphatic rings. The Morgan fingerprint density at radius 3 is 2.23 bits per heavy atom. The first-order chi connectivity index (χ1) is 14.8. The van der Waals surface area contributed by atoms with Gasteiger partial charge < -0.3 is 19.4 Å². The van der Waals surface area contributed by atoms with E-state index in [1.165, 1.54) is 34.4 Å². The Hall–Kier alpha value is -3.42. The summed E-state index contributed by atoms with van der Waals surface area (Å²) in [6, 6.07) is 9.04. The van der Waals surface area contributed by atoms with E-state index in [1.807, 2.05) is 6.07 Å². The molecule has 2 heterocycles. The number of aromatic nitrogens is 2. The molecule has 0 saturated carbocycles. The molecule has 3 aromatic rings. The number of carbonyl (C=O) groups is 1. The summed E-state index contributed by atoms with van der Waals surface area (Å²) in [4.78, 5) is 39.7. The number of halogens is 1. The fourth-order valence-electron chi connectivity index (χ4n) is 4.04. The lowest BCUT2D eigenvalue weighted by Gasteiger charge is -2.34. The maximum absolute atomic E-state index is 13.6.